The fraction of sp³-hybridized carbons (Fsp3) is 0.839. The van der Waals surface area contributed by atoms with Gasteiger partial charge in [-0.3, -0.25) is 14.4 Å². The molecular weight excluding hydrogens is 769 g/mol. The highest BCUT2D eigenvalue weighted by Crippen LogP contribution is 2.16. The van der Waals surface area contributed by atoms with Gasteiger partial charge < -0.3 is 14.2 Å². The minimum absolute atomic E-state index is 0.0760. The SMILES string of the molecule is CCCC/C=C\CCCCCCCC(=O)OCC(COC(=O)CCCCCCCCC/C=C\C/C=C\CCCCC)OC(=O)CCCCCCCCCCCCCCCCCC. The highest BCUT2D eigenvalue weighted by Gasteiger charge is 2.19. The van der Waals surface area contributed by atoms with Crippen molar-refractivity contribution in [1.82, 2.24) is 0 Å². The maximum atomic E-state index is 12.8. The molecule has 62 heavy (non-hydrogen) atoms. The van der Waals surface area contributed by atoms with Crippen LogP contribution in [0.15, 0.2) is 36.5 Å². The first kappa shape index (κ1) is 59.6. The van der Waals surface area contributed by atoms with E-state index >= 15 is 0 Å². The van der Waals surface area contributed by atoms with E-state index in [0.717, 1.165) is 77.0 Å². The van der Waals surface area contributed by atoms with Crippen LogP contribution in [-0.4, -0.2) is 37.2 Å². The smallest absolute Gasteiger partial charge is 0.306 e. The third kappa shape index (κ3) is 48.7. The van der Waals surface area contributed by atoms with Crippen LogP contribution >= 0.6 is 0 Å². The third-order valence-corrected chi connectivity index (χ3v) is 11.9. The van der Waals surface area contributed by atoms with Gasteiger partial charge >= 0.3 is 17.9 Å². The second kappa shape index (κ2) is 51.3. The summed E-state index contributed by atoms with van der Waals surface area (Å²) in [6, 6.07) is 0. The molecule has 0 aromatic carbocycles. The van der Waals surface area contributed by atoms with E-state index in [9.17, 15) is 14.4 Å². The summed E-state index contributed by atoms with van der Waals surface area (Å²) in [6.07, 6.45) is 59.8. The number of ether oxygens (including phenoxy) is 3. The first-order chi connectivity index (χ1) is 30.5. The fourth-order valence-electron chi connectivity index (χ4n) is 7.75. The number of esters is 3. The van der Waals surface area contributed by atoms with Gasteiger partial charge in [0.1, 0.15) is 13.2 Å². The minimum atomic E-state index is -0.774. The highest BCUT2D eigenvalue weighted by molar-refractivity contribution is 5.71. The van der Waals surface area contributed by atoms with Gasteiger partial charge in [0.15, 0.2) is 6.10 Å². The lowest BCUT2D eigenvalue weighted by Crippen LogP contribution is -2.30. The Morgan fingerprint density at radius 1 is 0.323 bits per heavy atom. The summed E-state index contributed by atoms with van der Waals surface area (Å²) >= 11 is 0. The van der Waals surface area contributed by atoms with Crippen LogP contribution in [0, 0.1) is 0 Å². The molecule has 0 aromatic rings. The molecule has 0 amide bonds. The van der Waals surface area contributed by atoms with Gasteiger partial charge in [-0.2, -0.15) is 0 Å². The van der Waals surface area contributed by atoms with Crippen molar-refractivity contribution in [3.8, 4) is 0 Å². The Labute approximate surface area is 385 Å². The van der Waals surface area contributed by atoms with Crippen LogP contribution in [0.5, 0.6) is 0 Å². The number of allylic oxidation sites excluding steroid dienone is 6. The summed E-state index contributed by atoms with van der Waals surface area (Å²) in [5.41, 5.74) is 0. The van der Waals surface area contributed by atoms with Crippen molar-refractivity contribution >= 4 is 17.9 Å². The Bertz CT molecular complexity index is 1050. The largest absolute Gasteiger partial charge is 0.462 e. The lowest BCUT2D eigenvalue weighted by Gasteiger charge is -2.18. The van der Waals surface area contributed by atoms with Crippen molar-refractivity contribution in [2.24, 2.45) is 0 Å². The molecule has 0 bridgehead atoms. The maximum Gasteiger partial charge on any atom is 0.306 e. The van der Waals surface area contributed by atoms with Gasteiger partial charge in [-0.05, 0) is 70.6 Å². The molecule has 0 N–H and O–H groups in total. The van der Waals surface area contributed by atoms with Gasteiger partial charge in [-0.25, -0.2) is 0 Å². The molecule has 1 unspecified atom stereocenters. The first-order valence-corrected chi connectivity index (χ1v) is 27.0. The van der Waals surface area contributed by atoms with E-state index in [1.807, 2.05) is 0 Å². The second-order valence-electron chi connectivity index (χ2n) is 18.1. The number of rotatable bonds is 49. The van der Waals surface area contributed by atoms with Crippen molar-refractivity contribution < 1.29 is 28.6 Å². The Morgan fingerprint density at radius 3 is 0.984 bits per heavy atom. The zero-order valence-electron chi connectivity index (χ0n) is 41.4. The van der Waals surface area contributed by atoms with E-state index in [2.05, 4.69) is 57.2 Å². The molecule has 0 aromatic heterocycles. The molecule has 0 aliphatic rings. The average Bonchev–Trinajstić information content (AvgIpc) is 3.27. The van der Waals surface area contributed by atoms with Crippen LogP contribution in [0.3, 0.4) is 0 Å². The summed E-state index contributed by atoms with van der Waals surface area (Å²) in [7, 11) is 0. The summed E-state index contributed by atoms with van der Waals surface area (Å²) < 4.78 is 16.8. The van der Waals surface area contributed by atoms with Crippen LogP contribution in [0.4, 0.5) is 0 Å². The summed E-state index contributed by atoms with van der Waals surface area (Å²) in [5.74, 6) is -0.880. The standard InChI is InChI=1S/C56H102O6/c1-4-7-10-13-16-19-22-24-26-28-30-31-34-37-40-43-46-49-55(58)61-52-53(51-60-54(57)48-45-42-39-36-33-21-18-15-12-9-6-3)62-56(59)50-47-44-41-38-35-32-29-27-25-23-20-17-14-11-8-5-2/h15-16,18-19,24,26,53H,4-14,17,20-23,25,27-52H2,1-3H3/b18-15-,19-16-,26-24-. The van der Waals surface area contributed by atoms with Crippen molar-refractivity contribution in [2.45, 2.75) is 290 Å². The quantitative estimate of drug-likeness (QED) is 0.0262. The van der Waals surface area contributed by atoms with Gasteiger partial charge in [0.05, 0.1) is 0 Å². The maximum absolute atomic E-state index is 12.8. The molecule has 0 spiro atoms. The Morgan fingerprint density at radius 2 is 0.597 bits per heavy atom. The highest BCUT2D eigenvalue weighted by atomic mass is 16.6. The van der Waals surface area contributed by atoms with Crippen LogP contribution in [0.1, 0.15) is 284 Å². The van der Waals surface area contributed by atoms with Crippen LogP contribution in [0.2, 0.25) is 0 Å². The first-order valence-electron chi connectivity index (χ1n) is 27.0. The van der Waals surface area contributed by atoms with E-state index in [4.69, 9.17) is 14.2 Å². The normalized spacial score (nSPS) is 12.2. The molecule has 0 saturated heterocycles. The fourth-order valence-corrected chi connectivity index (χ4v) is 7.75. The average molecular weight is 871 g/mol. The van der Waals surface area contributed by atoms with Crippen molar-refractivity contribution in [3.05, 3.63) is 36.5 Å². The molecular formula is C56H102O6. The Hall–Kier alpha value is -2.37. The summed E-state index contributed by atoms with van der Waals surface area (Å²) in [4.78, 5) is 38.0. The van der Waals surface area contributed by atoms with E-state index < -0.39 is 6.10 Å². The van der Waals surface area contributed by atoms with Gasteiger partial charge in [0.2, 0.25) is 0 Å². The number of carbonyl (C=O) groups is 3. The van der Waals surface area contributed by atoms with E-state index in [-0.39, 0.29) is 31.1 Å². The van der Waals surface area contributed by atoms with E-state index in [1.54, 1.807) is 0 Å². The Balaban J connectivity index is 4.33. The monoisotopic (exact) mass is 871 g/mol. The van der Waals surface area contributed by atoms with Crippen LogP contribution in [0.25, 0.3) is 0 Å². The molecule has 0 aliphatic carbocycles. The summed E-state index contributed by atoms with van der Waals surface area (Å²) in [5, 5.41) is 0. The van der Waals surface area contributed by atoms with Crippen molar-refractivity contribution in [1.29, 1.82) is 0 Å². The van der Waals surface area contributed by atoms with Crippen molar-refractivity contribution in [3.63, 3.8) is 0 Å². The topological polar surface area (TPSA) is 78.9 Å². The number of hydrogen-bond donors (Lipinski definition) is 0. The second-order valence-corrected chi connectivity index (χ2v) is 18.1. The van der Waals surface area contributed by atoms with Crippen molar-refractivity contribution in [2.75, 3.05) is 13.2 Å². The molecule has 0 fully saturated rings. The summed E-state index contributed by atoms with van der Waals surface area (Å²) in [6.45, 7) is 6.59. The van der Waals surface area contributed by atoms with Gasteiger partial charge in [-0.15, -0.1) is 0 Å². The molecule has 0 heterocycles. The zero-order chi connectivity index (χ0) is 45.1. The predicted molar refractivity (Wildman–Crippen MR) is 266 cm³/mol. The number of unbranched alkanes of at least 4 members (excludes halogenated alkanes) is 32. The van der Waals surface area contributed by atoms with Gasteiger partial charge in [0, 0.05) is 19.3 Å². The molecule has 0 saturated carbocycles. The molecule has 0 radical (unpaired) electrons. The zero-order valence-corrected chi connectivity index (χ0v) is 41.4. The predicted octanol–water partition coefficient (Wildman–Crippen LogP) is 17.7. The lowest BCUT2D eigenvalue weighted by molar-refractivity contribution is -0.167. The van der Waals surface area contributed by atoms with Gasteiger partial charge in [0.25, 0.3) is 0 Å². The molecule has 362 valence electrons. The Kier molecular flexibility index (Phi) is 49.3. The third-order valence-electron chi connectivity index (χ3n) is 11.9. The molecule has 0 aliphatic heterocycles. The molecule has 1 atom stereocenters. The van der Waals surface area contributed by atoms with E-state index in [0.29, 0.717) is 19.3 Å². The van der Waals surface area contributed by atoms with Gasteiger partial charge in [-0.1, -0.05) is 231 Å². The van der Waals surface area contributed by atoms with E-state index in [1.165, 1.54) is 167 Å². The van der Waals surface area contributed by atoms with Crippen LogP contribution < -0.4 is 0 Å². The lowest BCUT2D eigenvalue weighted by atomic mass is 10.0. The minimum Gasteiger partial charge on any atom is -0.462 e. The molecule has 6 heteroatoms. The molecule has 0 rings (SSSR count). The number of carbonyl (C=O) groups excluding carboxylic acids is 3. The molecule has 6 nitrogen and oxygen atoms in total. The van der Waals surface area contributed by atoms with Crippen LogP contribution in [-0.2, 0) is 28.6 Å². The number of hydrogen-bond acceptors (Lipinski definition) is 6.